The summed E-state index contributed by atoms with van der Waals surface area (Å²) in [4.78, 5) is 24.7. The molecule has 0 bridgehead atoms. The van der Waals surface area contributed by atoms with Gasteiger partial charge in [0.05, 0.1) is 12.7 Å². The zero-order valence-electron chi connectivity index (χ0n) is 13.4. The molecule has 0 saturated carbocycles. The first-order chi connectivity index (χ1) is 11.4. The first-order valence-electron chi connectivity index (χ1n) is 7.74. The van der Waals surface area contributed by atoms with Crippen LogP contribution in [0.2, 0.25) is 0 Å². The molecule has 0 radical (unpaired) electrons. The second-order valence-electron chi connectivity index (χ2n) is 5.75. The SMILES string of the molecule is CCOC(=O)C(C#N)C1(c2cccc(F)c2)CCN(C(=O)O)CC1. The maximum absolute atomic E-state index is 13.7. The van der Waals surface area contributed by atoms with Crippen molar-refractivity contribution in [3.05, 3.63) is 35.6 Å². The number of carbonyl (C=O) groups is 2. The molecule has 1 unspecified atom stereocenters. The maximum Gasteiger partial charge on any atom is 0.407 e. The molecular formula is C17H19FN2O4. The predicted molar refractivity (Wildman–Crippen MR) is 82.6 cm³/mol. The summed E-state index contributed by atoms with van der Waals surface area (Å²) in [6.45, 7) is 2.12. The van der Waals surface area contributed by atoms with Gasteiger partial charge in [-0.15, -0.1) is 0 Å². The molecule has 0 aromatic heterocycles. The number of piperidine rings is 1. The van der Waals surface area contributed by atoms with E-state index in [0.717, 1.165) is 0 Å². The second-order valence-corrected chi connectivity index (χ2v) is 5.75. The number of benzene rings is 1. The molecule has 1 saturated heterocycles. The molecule has 0 aliphatic carbocycles. The van der Waals surface area contributed by atoms with Gasteiger partial charge in [0.1, 0.15) is 5.82 Å². The molecule has 1 aliphatic heterocycles. The lowest BCUT2D eigenvalue weighted by atomic mass is 9.64. The van der Waals surface area contributed by atoms with E-state index in [1.54, 1.807) is 13.0 Å². The third kappa shape index (κ3) is 3.32. The molecular weight excluding hydrogens is 315 g/mol. The number of ether oxygens (including phenoxy) is 1. The molecule has 1 aromatic rings. The van der Waals surface area contributed by atoms with E-state index in [4.69, 9.17) is 9.84 Å². The van der Waals surface area contributed by atoms with Crippen molar-refractivity contribution >= 4 is 12.1 Å². The Morgan fingerprint density at radius 2 is 2.12 bits per heavy atom. The Balaban J connectivity index is 2.44. The van der Waals surface area contributed by atoms with Crippen molar-refractivity contribution in [2.45, 2.75) is 25.2 Å². The number of hydrogen-bond acceptors (Lipinski definition) is 4. The summed E-state index contributed by atoms with van der Waals surface area (Å²) in [5.41, 5.74) is -0.443. The lowest BCUT2D eigenvalue weighted by Gasteiger charge is -2.43. The monoisotopic (exact) mass is 334 g/mol. The number of esters is 1. The zero-order valence-corrected chi connectivity index (χ0v) is 13.4. The Labute approximate surface area is 139 Å². The summed E-state index contributed by atoms with van der Waals surface area (Å²) in [7, 11) is 0. The third-order valence-electron chi connectivity index (χ3n) is 4.53. The highest BCUT2D eigenvalue weighted by atomic mass is 19.1. The predicted octanol–water partition coefficient (Wildman–Crippen LogP) is 2.54. The summed E-state index contributed by atoms with van der Waals surface area (Å²) in [5, 5.41) is 18.7. The average molecular weight is 334 g/mol. The molecule has 6 nitrogen and oxygen atoms in total. The molecule has 1 amide bonds. The maximum atomic E-state index is 13.7. The van der Waals surface area contributed by atoms with Crippen LogP contribution in [0, 0.1) is 23.1 Å². The first kappa shape index (κ1) is 17.7. The van der Waals surface area contributed by atoms with Gasteiger partial charge < -0.3 is 14.7 Å². The summed E-state index contributed by atoms with van der Waals surface area (Å²) >= 11 is 0. The average Bonchev–Trinajstić information content (AvgIpc) is 2.56. The second kappa shape index (κ2) is 7.30. The van der Waals surface area contributed by atoms with E-state index in [2.05, 4.69) is 0 Å². The number of rotatable bonds is 4. The Morgan fingerprint density at radius 1 is 1.46 bits per heavy atom. The van der Waals surface area contributed by atoms with Gasteiger partial charge >= 0.3 is 12.1 Å². The lowest BCUT2D eigenvalue weighted by molar-refractivity contribution is -0.149. The molecule has 2 rings (SSSR count). The van der Waals surface area contributed by atoms with Crippen molar-refractivity contribution < 1.29 is 23.8 Å². The summed E-state index contributed by atoms with van der Waals surface area (Å²) < 4.78 is 18.7. The van der Waals surface area contributed by atoms with Gasteiger partial charge in [0.25, 0.3) is 0 Å². The van der Waals surface area contributed by atoms with Gasteiger partial charge in [-0.05, 0) is 37.5 Å². The number of nitriles is 1. The van der Waals surface area contributed by atoms with Gasteiger partial charge in [-0.1, -0.05) is 12.1 Å². The number of carboxylic acid groups (broad SMARTS) is 1. The fourth-order valence-corrected chi connectivity index (χ4v) is 3.27. The first-order valence-corrected chi connectivity index (χ1v) is 7.74. The number of likely N-dealkylation sites (tertiary alicyclic amines) is 1. The van der Waals surface area contributed by atoms with Crippen molar-refractivity contribution in [1.29, 1.82) is 5.26 Å². The van der Waals surface area contributed by atoms with Gasteiger partial charge in [-0.25, -0.2) is 9.18 Å². The van der Waals surface area contributed by atoms with Crippen LogP contribution in [0.4, 0.5) is 9.18 Å². The molecule has 1 fully saturated rings. The van der Waals surface area contributed by atoms with E-state index >= 15 is 0 Å². The van der Waals surface area contributed by atoms with E-state index in [1.807, 2.05) is 6.07 Å². The molecule has 1 aliphatic rings. The summed E-state index contributed by atoms with van der Waals surface area (Å²) in [6, 6.07) is 7.78. The molecule has 24 heavy (non-hydrogen) atoms. The largest absolute Gasteiger partial charge is 0.465 e. The van der Waals surface area contributed by atoms with E-state index in [0.29, 0.717) is 5.56 Å². The van der Waals surface area contributed by atoms with Gasteiger partial charge in [0, 0.05) is 18.5 Å². The topological polar surface area (TPSA) is 90.6 Å². The van der Waals surface area contributed by atoms with Crippen LogP contribution in [0.5, 0.6) is 0 Å². The Kier molecular flexibility index (Phi) is 5.39. The minimum absolute atomic E-state index is 0.136. The molecule has 1 aromatic carbocycles. The van der Waals surface area contributed by atoms with Gasteiger partial charge in [-0.3, -0.25) is 4.79 Å². The molecule has 1 atom stereocenters. The van der Waals surface area contributed by atoms with Crippen LogP contribution in [-0.4, -0.2) is 41.8 Å². The highest BCUT2D eigenvalue weighted by Crippen LogP contribution is 2.42. The Bertz CT molecular complexity index is 663. The fourth-order valence-electron chi connectivity index (χ4n) is 3.27. The zero-order chi connectivity index (χ0) is 17.7. The number of carbonyl (C=O) groups excluding carboxylic acids is 1. The third-order valence-corrected chi connectivity index (χ3v) is 4.53. The quantitative estimate of drug-likeness (QED) is 0.855. The van der Waals surface area contributed by atoms with Crippen LogP contribution in [0.15, 0.2) is 24.3 Å². The molecule has 128 valence electrons. The number of halogens is 1. The van der Waals surface area contributed by atoms with E-state index in [9.17, 15) is 19.2 Å². The molecule has 1 heterocycles. The summed E-state index contributed by atoms with van der Waals surface area (Å²) in [6.07, 6.45) is -0.549. The minimum atomic E-state index is -1.12. The fraction of sp³-hybridized carbons (Fsp3) is 0.471. The highest BCUT2D eigenvalue weighted by molar-refractivity contribution is 5.78. The smallest absolute Gasteiger partial charge is 0.407 e. The number of nitrogens with zero attached hydrogens (tertiary/aromatic N) is 2. The van der Waals surface area contributed by atoms with Crippen LogP contribution in [0.25, 0.3) is 0 Å². The van der Waals surface area contributed by atoms with Crippen LogP contribution in [0.3, 0.4) is 0 Å². The van der Waals surface area contributed by atoms with E-state index in [1.165, 1.54) is 23.1 Å². The van der Waals surface area contributed by atoms with Crippen molar-refractivity contribution in [3.63, 3.8) is 0 Å². The van der Waals surface area contributed by atoms with Gasteiger partial charge in [-0.2, -0.15) is 5.26 Å². The van der Waals surface area contributed by atoms with Crippen LogP contribution in [-0.2, 0) is 14.9 Å². The normalized spacial score (nSPS) is 17.6. The number of amides is 1. The summed E-state index contributed by atoms with van der Waals surface area (Å²) in [5.74, 6) is -2.24. The minimum Gasteiger partial charge on any atom is -0.465 e. The van der Waals surface area contributed by atoms with Crippen molar-refractivity contribution in [3.8, 4) is 6.07 Å². The molecule has 0 spiro atoms. The Morgan fingerprint density at radius 3 is 2.62 bits per heavy atom. The van der Waals surface area contributed by atoms with E-state index < -0.39 is 29.2 Å². The Hall–Kier alpha value is -2.62. The molecule has 1 N–H and O–H groups in total. The van der Waals surface area contributed by atoms with Crippen molar-refractivity contribution in [2.75, 3.05) is 19.7 Å². The van der Waals surface area contributed by atoms with Gasteiger partial charge in [0.15, 0.2) is 5.92 Å². The number of hydrogen-bond donors (Lipinski definition) is 1. The van der Waals surface area contributed by atoms with Crippen LogP contribution in [0.1, 0.15) is 25.3 Å². The van der Waals surface area contributed by atoms with Crippen LogP contribution < -0.4 is 0 Å². The molecule has 7 heteroatoms. The highest BCUT2D eigenvalue weighted by Gasteiger charge is 2.48. The van der Waals surface area contributed by atoms with Crippen molar-refractivity contribution in [1.82, 2.24) is 4.90 Å². The van der Waals surface area contributed by atoms with Crippen molar-refractivity contribution in [2.24, 2.45) is 5.92 Å². The lowest BCUT2D eigenvalue weighted by Crippen LogP contribution is -2.50. The van der Waals surface area contributed by atoms with Gasteiger partial charge in [0.2, 0.25) is 0 Å². The standard InChI is InChI=1S/C17H19FN2O4/c1-2-24-15(21)14(11-19)17(12-4-3-5-13(18)10-12)6-8-20(9-7-17)16(22)23/h3-5,10,14H,2,6-9H2,1H3,(H,22,23). The van der Waals surface area contributed by atoms with E-state index in [-0.39, 0.29) is 32.5 Å². The van der Waals surface area contributed by atoms with Crippen LogP contribution >= 0.6 is 0 Å².